The number of nitrogens with zero attached hydrogens (tertiary/aromatic N) is 1. The molecule has 2 unspecified atom stereocenters. The standard InChI is InChI=1S/C16H23N3O/c1-11-10-12(17-2)5-6-13(11)16(20)18-14-7-9-19-8-3-4-15(14)19/h5-6,10,14-15,17H,3-4,7-9H2,1-2H3,(H,18,20). The Morgan fingerprint density at radius 2 is 2.15 bits per heavy atom. The molecule has 0 radical (unpaired) electrons. The first-order valence-corrected chi connectivity index (χ1v) is 7.52. The lowest BCUT2D eigenvalue weighted by atomic mass is 10.0. The first kappa shape index (κ1) is 13.4. The Hall–Kier alpha value is -1.55. The van der Waals surface area contributed by atoms with E-state index in [1.165, 1.54) is 19.4 Å². The number of hydrogen-bond donors (Lipinski definition) is 2. The van der Waals surface area contributed by atoms with E-state index in [1.807, 2.05) is 32.2 Å². The van der Waals surface area contributed by atoms with Crippen molar-refractivity contribution in [1.82, 2.24) is 10.2 Å². The molecule has 1 aromatic carbocycles. The summed E-state index contributed by atoms with van der Waals surface area (Å²) in [7, 11) is 1.89. The van der Waals surface area contributed by atoms with Gasteiger partial charge < -0.3 is 10.6 Å². The third-order valence-electron chi connectivity index (χ3n) is 4.68. The lowest BCUT2D eigenvalue weighted by Gasteiger charge is -2.21. The van der Waals surface area contributed by atoms with Crippen molar-refractivity contribution in [3.8, 4) is 0 Å². The van der Waals surface area contributed by atoms with Crippen molar-refractivity contribution in [3.05, 3.63) is 29.3 Å². The van der Waals surface area contributed by atoms with Gasteiger partial charge in [0.2, 0.25) is 0 Å². The van der Waals surface area contributed by atoms with Crippen molar-refractivity contribution in [1.29, 1.82) is 0 Å². The van der Waals surface area contributed by atoms with E-state index in [0.717, 1.165) is 29.8 Å². The monoisotopic (exact) mass is 273 g/mol. The van der Waals surface area contributed by atoms with E-state index in [0.29, 0.717) is 12.1 Å². The molecule has 0 saturated carbocycles. The summed E-state index contributed by atoms with van der Waals surface area (Å²) < 4.78 is 0. The number of aryl methyl sites for hydroxylation is 1. The minimum Gasteiger partial charge on any atom is -0.388 e. The maximum Gasteiger partial charge on any atom is 0.251 e. The van der Waals surface area contributed by atoms with Gasteiger partial charge in [0.1, 0.15) is 0 Å². The molecular formula is C16H23N3O. The Morgan fingerprint density at radius 1 is 1.30 bits per heavy atom. The summed E-state index contributed by atoms with van der Waals surface area (Å²) in [6.45, 7) is 4.33. The largest absolute Gasteiger partial charge is 0.388 e. The summed E-state index contributed by atoms with van der Waals surface area (Å²) in [4.78, 5) is 15.0. The Kier molecular flexibility index (Phi) is 3.66. The summed E-state index contributed by atoms with van der Waals surface area (Å²) in [6, 6.07) is 6.78. The second-order valence-electron chi connectivity index (χ2n) is 5.89. The van der Waals surface area contributed by atoms with Crippen molar-refractivity contribution < 1.29 is 4.79 Å². The van der Waals surface area contributed by atoms with Gasteiger partial charge in [-0.1, -0.05) is 0 Å². The van der Waals surface area contributed by atoms with Crippen molar-refractivity contribution in [2.24, 2.45) is 0 Å². The molecule has 0 aliphatic carbocycles. The predicted molar refractivity (Wildman–Crippen MR) is 81.2 cm³/mol. The van der Waals surface area contributed by atoms with Gasteiger partial charge in [0.05, 0.1) is 0 Å². The highest BCUT2D eigenvalue weighted by Gasteiger charge is 2.37. The van der Waals surface area contributed by atoms with E-state index < -0.39 is 0 Å². The zero-order valence-electron chi connectivity index (χ0n) is 12.3. The van der Waals surface area contributed by atoms with Crippen LogP contribution in [0, 0.1) is 6.92 Å². The van der Waals surface area contributed by atoms with Crippen LogP contribution in [0.15, 0.2) is 18.2 Å². The van der Waals surface area contributed by atoms with Gasteiger partial charge in [0, 0.05) is 36.9 Å². The molecule has 20 heavy (non-hydrogen) atoms. The van der Waals surface area contributed by atoms with Gasteiger partial charge in [-0.05, 0) is 56.5 Å². The summed E-state index contributed by atoms with van der Waals surface area (Å²) in [5, 5.41) is 6.34. The molecule has 2 saturated heterocycles. The van der Waals surface area contributed by atoms with Gasteiger partial charge >= 0.3 is 0 Å². The van der Waals surface area contributed by atoms with Crippen molar-refractivity contribution in [2.75, 3.05) is 25.5 Å². The van der Waals surface area contributed by atoms with Crippen LogP contribution in [0.4, 0.5) is 5.69 Å². The van der Waals surface area contributed by atoms with Crippen LogP contribution in [-0.4, -0.2) is 43.0 Å². The van der Waals surface area contributed by atoms with Crippen LogP contribution in [-0.2, 0) is 0 Å². The molecule has 2 atom stereocenters. The molecule has 2 heterocycles. The van der Waals surface area contributed by atoms with Crippen molar-refractivity contribution in [3.63, 3.8) is 0 Å². The molecular weight excluding hydrogens is 250 g/mol. The van der Waals surface area contributed by atoms with Crippen LogP contribution in [0.1, 0.15) is 35.2 Å². The molecule has 1 amide bonds. The number of hydrogen-bond acceptors (Lipinski definition) is 3. The van der Waals surface area contributed by atoms with E-state index in [2.05, 4.69) is 15.5 Å². The fourth-order valence-corrected chi connectivity index (χ4v) is 3.57. The molecule has 1 aromatic rings. The molecule has 2 N–H and O–H groups in total. The minimum absolute atomic E-state index is 0.0731. The number of benzene rings is 1. The molecule has 2 fully saturated rings. The van der Waals surface area contributed by atoms with Gasteiger partial charge in [-0.15, -0.1) is 0 Å². The van der Waals surface area contributed by atoms with Crippen LogP contribution in [0.2, 0.25) is 0 Å². The highest BCUT2D eigenvalue weighted by molar-refractivity contribution is 5.96. The normalized spacial score (nSPS) is 25.5. The molecule has 0 spiro atoms. The van der Waals surface area contributed by atoms with E-state index in [9.17, 15) is 4.79 Å². The summed E-state index contributed by atoms with van der Waals surface area (Å²) >= 11 is 0. The summed E-state index contributed by atoms with van der Waals surface area (Å²) in [5.74, 6) is 0.0731. The average molecular weight is 273 g/mol. The predicted octanol–water partition coefficient (Wildman–Crippen LogP) is 2.00. The van der Waals surface area contributed by atoms with Gasteiger partial charge in [0.15, 0.2) is 0 Å². The van der Waals surface area contributed by atoms with E-state index in [-0.39, 0.29) is 5.91 Å². The van der Waals surface area contributed by atoms with Crippen LogP contribution in [0.5, 0.6) is 0 Å². The SMILES string of the molecule is CNc1ccc(C(=O)NC2CCN3CCCC23)c(C)c1. The Labute approximate surface area is 120 Å². The maximum absolute atomic E-state index is 12.5. The van der Waals surface area contributed by atoms with Crippen LogP contribution < -0.4 is 10.6 Å². The van der Waals surface area contributed by atoms with E-state index >= 15 is 0 Å². The molecule has 2 aliphatic rings. The van der Waals surface area contributed by atoms with Gasteiger partial charge in [0.25, 0.3) is 5.91 Å². The first-order chi connectivity index (χ1) is 9.69. The highest BCUT2D eigenvalue weighted by atomic mass is 16.1. The maximum atomic E-state index is 12.5. The molecule has 108 valence electrons. The molecule has 4 heteroatoms. The zero-order valence-corrected chi connectivity index (χ0v) is 12.3. The van der Waals surface area contributed by atoms with Gasteiger partial charge in [-0.3, -0.25) is 9.69 Å². The van der Waals surface area contributed by atoms with Crippen molar-refractivity contribution >= 4 is 11.6 Å². The van der Waals surface area contributed by atoms with Gasteiger partial charge in [-0.25, -0.2) is 0 Å². The fourth-order valence-electron chi connectivity index (χ4n) is 3.57. The number of carbonyl (C=O) groups excluding carboxylic acids is 1. The minimum atomic E-state index is 0.0731. The Balaban J connectivity index is 1.70. The van der Waals surface area contributed by atoms with Crippen LogP contribution in [0.3, 0.4) is 0 Å². The summed E-state index contributed by atoms with van der Waals surface area (Å²) in [5.41, 5.74) is 2.86. The smallest absolute Gasteiger partial charge is 0.251 e. The van der Waals surface area contributed by atoms with Crippen molar-refractivity contribution in [2.45, 2.75) is 38.3 Å². The number of rotatable bonds is 3. The Morgan fingerprint density at radius 3 is 2.90 bits per heavy atom. The fraction of sp³-hybridized carbons (Fsp3) is 0.562. The third-order valence-corrected chi connectivity index (χ3v) is 4.68. The molecule has 0 bridgehead atoms. The lowest BCUT2D eigenvalue weighted by molar-refractivity contribution is 0.0929. The van der Waals surface area contributed by atoms with E-state index in [4.69, 9.17) is 0 Å². The Bertz CT molecular complexity index is 514. The van der Waals surface area contributed by atoms with Crippen LogP contribution in [0.25, 0.3) is 0 Å². The zero-order chi connectivity index (χ0) is 14.1. The highest BCUT2D eigenvalue weighted by Crippen LogP contribution is 2.28. The molecule has 2 aliphatic heterocycles. The number of anilines is 1. The van der Waals surface area contributed by atoms with Crippen LogP contribution >= 0.6 is 0 Å². The first-order valence-electron chi connectivity index (χ1n) is 7.52. The molecule has 0 aromatic heterocycles. The topological polar surface area (TPSA) is 44.4 Å². The lowest BCUT2D eigenvalue weighted by Crippen LogP contribution is -2.42. The molecule has 4 nitrogen and oxygen atoms in total. The number of fused-ring (bicyclic) bond motifs is 1. The number of nitrogens with one attached hydrogen (secondary N) is 2. The van der Waals surface area contributed by atoms with E-state index in [1.54, 1.807) is 0 Å². The summed E-state index contributed by atoms with van der Waals surface area (Å²) in [6.07, 6.45) is 3.58. The second kappa shape index (κ2) is 5.44. The second-order valence-corrected chi connectivity index (χ2v) is 5.89. The third kappa shape index (κ3) is 2.40. The number of amides is 1. The molecule has 3 rings (SSSR count). The quantitative estimate of drug-likeness (QED) is 0.885. The number of carbonyl (C=O) groups is 1. The average Bonchev–Trinajstić information content (AvgIpc) is 3.03. The van der Waals surface area contributed by atoms with Gasteiger partial charge in [-0.2, -0.15) is 0 Å².